The minimum Gasteiger partial charge on any atom is -0.409 e. The van der Waals surface area contributed by atoms with Gasteiger partial charge < -0.3 is 10.9 Å². The van der Waals surface area contributed by atoms with Crippen LogP contribution in [-0.4, -0.2) is 20.8 Å². The molecule has 0 bridgehead atoms. The number of hydrogen-bond acceptors (Lipinski definition) is 3. The largest absolute Gasteiger partial charge is 0.435 e. The highest BCUT2D eigenvalue weighted by molar-refractivity contribution is 5.98. The highest BCUT2D eigenvalue weighted by Gasteiger charge is 2.33. The molecule has 1 heterocycles. The fourth-order valence-corrected chi connectivity index (χ4v) is 1.74. The Bertz CT molecular complexity index is 634. The van der Waals surface area contributed by atoms with Crippen LogP contribution in [0, 0.1) is 0 Å². The summed E-state index contributed by atoms with van der Waals surface area (Å²) in [6, 6.07) is 7.56. The molecule has 0 unspecified atom stereocenters. The van der Waals surface area contributed by atoms with Crippen molar-refractivity contribution in [1.82, 2.24) is 9.78 Å². The summed E-state index contributed by atoms with van der Waals surface area (Å²) in [5.74, 6) is -0.108. The standard InChI is InChI=1S/C12H11F3N4O/c13-12(14,15)10-5-6-19(17-10)7-8-3-1-2-4-9(8)11(16)18-20/h1-6,20H,7H2,(H2,16,18). The molecule has 0 aliphatic rings. The molecule has 8 heteroatoms. The van der Waals surface area contributed by atoms with Crippen molar-refractivity contribution in [1.29, 1.82) is 0 Å². The van der Waals surface area contributed by atoms with E-state index >= 15 is 0 Å². The van der Waals surface area contributed by atoms with Crippen molar-refractivity contribution >= 4 is 5.84 Å². The number of hydrogen-bond donors (Lipinski definition) is 2. The minimum atomic E-state index is -4.48. The van der Waals surface area contributed by atoms with Gasteiger partial charge in [-0.05, 0) is 11.6 Å². The normalized spacial score (nSPS) is 12.7. The molecule has 0 saturated heterocycles. The van der Waals surface area contributed by atoms with Crippen molar-refractivity contribution in [3.8, 4) is 0 Å². The minimum absolute atomic E-state index is 0.0858. The van der Waals surface area contributed by atoms with Crippen LogP contribution in [0.5, 0.6) is 0 Å². The van der Waals surface area contributed by atoms with Crippen molar-refractivity contribution < 1.29 is 18.4 Å². The highest BCUT2D eigenvalue weighted by Crippen LogP contribution is 2.27. The molecule has 20 heavy (non-hydrogen) atoms. The zero-order chi connectivity index (χ0) is 14.8. The number of aromatic nitrogens is 2. The molecule has 0 spiro atoms. The Morgan fingerprint density at radius 3 is 2.60 bits per heavy atom. The maximum absolute atomic E-state index is 12.5. The zero-order valence-electron chi connectivity index (χ0n) is 10.2. The fourth-order valence-electron chi connectivity index (χ4n) is 1.74. The first-order valence-corrected chi connectivity index (χ1v) is 5.58. The van der Waals surface area contributed by atoms with Gasteiger partial charge in [0.15, 0.2) is 11.5 Å². The van der Waals surface area contributed by atoms with E-state index in [1.54, 1.807) is 24.3 Å². The third kappa shape index (κ3) is 2.90. The molecule has 0 radical (unpaired) electrons. The van der Waals surface area contributed by atoms with Gasteiger partial charge in [0.25, 0.3) is 0 Å². The summed E-state index contributed by atoms with van der Waals surface area (Å²) in [4.78, 5) is 0. The lowest BCUT2D eigenvalue weighted by Gasteiger charge is -2.08. The molecular formula is C12H11F3N4O. The van der Waals surface area contributed by atoms with E-state index in [4.69, 9.17) is 10.9 Å². The van der Waals surface area contributed by atoms with E-state index in [0.29, 0.717) is 11.1 Å². The Kier molecular flexibility index (Phi) is 3.64. The van der Waals surface area contributed by atoms with E-state index in [-0.39, 0.29) is 12.4 Å². The number of oxime groups is 1. The topological polar surface area (TPSA) is 76.4 Å². The van der Waals surface area contributed by atoms with Gasteiger partial charge in [-0.15, -0.1) is 0 Å². The Morgan fingerprint density at radius 2 is 2.00 bits per heavy atom. The van der Waals surface area contributed by atoms with Gasteiger partial charge in [-0.2, -0.15) is 18.3 Å². The molecule has 0 atom stereocenters. The molecule has 3 N–H and O–H groups in total. The van der Waals surface area contributed by atoms with Crippen LogP contribution in [-0.2, 0) is 12.7 Å². The van der Waals surface area contributed by atoms with E-state index in [2.05, 4.69) is 10.3 Å². The van der Waals surface area contributed by atoms with Crippen molar-refractivity contribution in [3.05, 3.63) is 53.3 Å². The predicted molar refractivity (Wildman–Crippen MR) is 65.3 cm³/mol. The first-order valence-electron chi connectivity index (χ1n) is 5.58. The van der Waals surface area contributed by atoms with Gasteiger partial charge in [0.1, 0.15) is 0 Å². The molecule has 0 aliphatic carbocycles. The van der Waals surface area contributed by atoms with Crippen LogP contribution in [0.4, 0.5) is 13.2 Å². The van der Waals surface area contributed by atoms with Crippen LogP contribution in [0.25, 0.3) is 0 Å². The Hall–Kier alpha value is -2.51. The second-order valence-electron chi connectivity index (χ2n) is 4.04. The molecule has 2 rings (SSSR count). The number of nitrogens with zero attached hydrogens (tertiary/aromatic N) is 3. The van der Waals surface area contributed by atoms with Crippen LogP contribution < -0.4 is 5.73 Å². The van der Waals surface area contributed by atoms with Crippen molar-refractivity contribution in [2.45, 2.75) is 12.7 Å². The first kappa shape index (κ1) is 13.9. The zero-order valence-corrected chi connectivity index (χ0v) is 10.2. The van der Waals surface area contributed by atoms with Gasteiger partial charge in [-0.1, -0.05) is 29.4 Å². The lowest BCUT2D eigenvalue weighted by molar-refractivity contribution is -0.141. The summed E-state index contributed by atoms with van der Waals surface area (Å²) >= 11 is 0. The van der Waals surface area contributed by atoms with Crippen molar-refractivity contribution in [3.63, 3.8) is 0 Å². The van der Waals surface area contributed by atoms with Crippen molar-refractivity contribution in [2.24, 2.45) is 10.9 Å². The molecular weight excluding hydrogens is 273 g/mol. The molecule has 5 nitrogen and oxygen atoms in total. The van der Waals surface area contributed by atoms with E-state index in [1.165, 1.54) is 6.20 Å². The van der Waals surface area contributed by atoms with E-state index in [0.717, 1.165) is 10.7 Å². The van der Waals surface area contributed by atoms with Gasteiger partial charge in [0.05, 0.1) is 6.54 Å². The third-order valence-corrected chi connectivity index (χ3v) is 2.66. The summed E-state index contributed by atoms with van der Waals surface area (Å²) in [6.45, 7) is 0.0858. The third-order valence-electron chi connectivity index (χ3n) is 2.66. The number of rotatable bonds is 3. The maximum atomic E-state index is 12.5. The van der Waals surface area contributed by atoms with Crippen LogP contribution in [0.15, 0.2) is 41.7 Å². The van der Waals surface area contributed by atoms with Crippen LogP contribution >= 0.6 is 0 Å². The van der Waals surface area contributed by atoms with Gasteiger partial charge in [-0.3, -0.25) is 4.68 Å². The Balaban J connectivity index is 2.29. The van der Waals surface area contributed by atoms with Gasteiger partial charge in [0.2, 0.25) is 0 Å². The van der Waals surface area contributed by atoms with Gasteiger partial charge in [-0.25, -0.2) is 0 Å². The number of halogens is 3. The van der Waals surface area contributed by atoms with Crippen LogP contribution in [0.2, 0.25) is 0 Å². The lowest BCUT2D eigenvalue weighted by Crippen LogP contribution is -2.17. The summed E-state index contributed by atoms with van der Waals surface area (Å²) in [6.07, 6.45) is -3.25. The monoisotopic (exact) mass is 284 g/mol. The molecule has 106 valence electrons. The Morgan fingerprint density at radius 1 is 1.30 bits per heavy atom. The molecule has 1 aromatic heterocycles. The van der Waals surface area contributed by atoms with Gasteiger partial charge >= 0.3 is 6.18 Å². The average Bonchev–Trinajstić information content (AvgIpc) is 2.87. The van der Waals surface area contributed by atoms with E-state index < -0.39 is 11.9 Å². The predicted octanol–water partition coefficient (Wildman–Crippen LogP) is 2.04. The highest BCUT2D eigenvalue weighted by atomic mass is 19.4. The average molecular weight is 284 g/mol. The van der Waals surface area contributed by atoms with Crippen LogP contribution in [0.1, 0.15) is 16.8 Å². The lowest BCUT2D eigenvalue weighted by atomic mass is 10.1. The van der Waals surface area contributed by atoms with E-state index in [9.17, 15) is 13.2 Å². The summed E-state index contributed by atoms with van der Waals surface area (Å²) in [5.41, 5.74) is 5.59. The summed E-state index contributed by atoms with van der Waals surface area (Å²) < 4.78 is 38.5. The van der Waals surface area contributed by atoms with Crippen molar-refractivity contribution in [2.75, 3.05) is 0 Å². The van der Waals surface area contributed by atoms with Crippen LogP contribution in [0.3, 0.4) is 0 Å². The number of amidine groups is 1. The van der Waals surface area contributed by atoms with Gasteiger partial charge in [0, 0.05) is 11.8 Å². The molecule has 2 aromatic rings. The molecule has 1 aromatic carbocycles. The summed E-state index contributed by atoms with van der Waals surface area (Å²) in [7, 11) is 0. The fraction of sp³-hybridized carbons (Fsp3) is 0.167. The van der Waals surface area contributed by atoms with E-state index in [1.807, 2.05) is 0 Å². The quantitative estimate of drug-likeness (QED) is 0.392. The molecule has 0 aliphatic heterocycles. The maximum Gasteiger partial charge on any atom is 0.435 e. The number of benzene rings is 1. The molecule has 0 saturated carbocycles. The number of nitrogens with two attached hydrogens (primary N) is 1. The molecule has 0 fully saturated rings. The summed E-state index contributed by atoms with van der Waals surface area (Å²) in [5, 5.41) is 15.0. The second-order valence-corrected chi connectivity index (χ2v) is 4.04. The Labute approximate surface area is 112 Å². The smallest absolute Gasteiger partial charge is 0.409 e. The SMILES string of the molecule is NC(=NO)c1ccccc1Cn1ccc(C(F)(F)F)n1. The first-order chi connectivity index (χ1) is 9.41. The molecule has 0 amide bonds. The number of alkyl halides is 3. The second kappa shape index (κ2) is 5.24.